The molecule has 1 aromatic heterocycles. The van der Waals surface area contributed by atoms with E-state index < -0.39 is 0 Å². The van der Waals surface area contributed by atoms with Gasteiger partial charge in [0, 0.05) is 16.9 Å². The highest BCUT2D eigenvalue weighted by Gasteiger charge is 2.24. The number of thiocarbonyl (C=S) groups is 1. The standard InChI is InChI=1S/C21H16N2OS2/c1-14-12-16(13-18-20(24)22-21(25)26-18)19(15-8-4-2-5-9-15)23(14)17-10-6-3-7-11-17/h2-13H,1H3,(H,22,24,25)/b18-13-. The van der Waals surface area contributed by atoms with Gasteiger partial charge in [-0.25, -0.2) is 0 Å². The normalized spacial score (nSPS) is 15.5. The van der Waals surface area contributed by atoms with E-state index in [1.54, 1.807) is 0 Å². The third-order valence-corrected chi connectivity index (χ3v) is 5.37. The molecule has 0 spiro atoms. The molecule has 3 nitrogen and oxygen atoms in total. The Balaban J connectivity index is 1.94. The molecule has 1 fully saturated rings. The number of nitrogens with zero attached hydrogens (tertiary/aromatic N) is 1. The fourth-order valence-electron chi connectivity index (χ4n) is 3.14. The number of hydrogen-bond donors (Lipinski definition) is 1. The van der Waals surface area contributed by atoms with Crippen molar-refractivity contribution in [3.05, 3.63) is 82.9 Å². The van der Waals surface area contributed by atoms with E-state index in [1.807, 2.05) is 42.5 Å². The first kappa shape index (κ1) is 16.8. The first-order valence-electron chi connectivity index (χ1n) is 8.21. The van der Waals surface area contributed by atoms with Crippen molar-refractivity contribution in [3.8, 4) is 16.9 Å². The number of aryl methyl sites for hydroxylation is 1. The van der Waals surface area contributed by atoms with Gasteiger partial charge in [-0.05, 0) is 36.8 Å². The molecule has 0 atom stereocenters. The van der Waals surface area contributed by atoms with Gasteiger partial charge in [-0.3, -0.25) is 4.79 Å². The molecule has 1 aliphatic heterocycles. The summed E-state index contributed by atoms with van der Waals surface area (Å²) in [6, 6.07) is 22.6. The summed E-state index contributed by atoms with van der Waals surface area (Å²) in [5, 5.41) is 2.68. The molecule has 2 aromatic carbocycles. The number of nitrogens with one attached hydrogen (secondary N) is 1. The van der Waals surface area contributed by atoms with Gasteiger partial charge in [0.25, 0.3) is 5.91 Å². The molecule has 1 saturated heterocycles. The van der Waals surface area contributed by atoms with Crippen molar-refractivity contribution in [2.75, 3.05) is 0 Å². The van der Waals surface area contributed by atoms with Crippen LogP contribution in [0.1, 0.15) is 11.3 Å². The van der Waals surface area contributed by atoms with Crippen LogP contribution in [0.15, 0.2) is 71.6 Å². The Morgan fingerprint density at radius 1 is 1.04 bits per heavy atom. The van der Waals surface area contributed by atoms with Crippen LogP contribution in [0.3, 0.4) is 0 Å². The van der Waals surface area contributed by atoms with Crippen molar-refractivity contribution >= 4 is 40.3 Å². The molecule has 2 heterocycles. The third kappa shape index (κ3) is 3.11. The molecule has 3 aromatic rings. The maximum Gasteiger partial charge on any atom is 0.263 e. The number of amides is 1. The molecule has 0 radical (unpaired) electrons. The SMILES string of the molecule is Cc1cc(/C=C2\SC(=S)NC2=O)c(-c2ccccc2)n1-c1ccccc1. The first-order valence-corrected chi connectivity index (χ1v) is 9.44. The van der Waals surface area contributed by atoms with E-state index in [-0.39, 0.29) is 5.91 Å². The van der Waals surface area contributed by atoms with Gasteiger partial charge in [0.05, 0.1) is 10.6 Å². The summed E-state index contributed by atoms with van der Waals surface area (Å²) in [5.74, 6) is -0.135. The average Bonchev–Trinajstić information content (AvgIpc) is 3.15. The summed E-state index contributed by atoms with van der Waals surface area (Å²) in [4.78, 5) is 12.7. The molecule has 1 amide bonds. The van der Waals surface area contributed by atoms with Gasteiger partial charge in [0.2, 0.25) is 0 Å². The van der Waals surface area contributed by atoms with E-state index in [9.17, 15) is 4.79 Å². The summed E-state index contributed by atoms with van der Waals surface area (Å²) in [5.41, 5.74) is 5.36. The van der Waals surface area contributed by atoms with Crippen molar-refractivity contribution in [1.29, 1.82) is 0 Å². The zero-order valence-electron chi connectivity index (χ0n) is 14.1. The second-order valence-corrected chi connectivity index (χ2v) is 7.70. The predicted molar refractivity (Wildman–Crippen MR) is 112 cm³/mol. The van der Waals surface area contributed by atoms with Gasteiger partial charge in [0.15, 0.2) is 0 Å². The number of benzene rings is 2. The molecular formula is C21H16N2OS2. The van der Waals surface area contributed by atoms with Crippen LogP contribution in [0, 0.1) is 6.92 Å². The molecular weight excluding hydrogens is 360 g/mol. The zero-order chi connectivity index (χ0) is 18.1. The van der Waals surface area contributed by atoms with Crippen LogP contribution in [0.25, 0.3) is 23.0 Å². The van der Waals surface area contributed by atoms with E-state index in [4.69, 9.17) is 12.2 Å². The van der Waals surface area contributed by atoms with Crippen molar-refractivity contribution in [2.45, 2.75) is 6.92 Å². The quantitative estimate of drug-likeness (QED) is 0.519. The fraction of sp³-hybridized carbons (Fsp3) is 0.0476. The van der Waals surface area contributed by atoms with Crippen LogP contribution in [-0.2, 0) is 4.79 Å². The maximum atomic E-state index is 12.1. The molecule has 4 rings (SSSR count). The minimum absolute atomic E-state index is 0.135. The number of carbonyl (C=O) groups excluding carboxylic acids is 1. The number of aromatic nitrogens is 1. The highest BCUT2D eigenvalue weighted by molar-refractivity contribution is 8.26. The lowest BCUT2D eigenvalue weighted by Gasteiger charge is -2.13. The summed E-state index contributed by atoms with van der Waals surface area (Å²) in [7, 11) is 0. The molecule has 5 heteroatoms. The van der Waals surface area contributed by atoms with Gasteiger partial charge in [-0.1, -0.05) is 72.5 Å². The van der Waals surface area contributed by atoms with Gasteiger partial charge in [-0.2, -0.15) is 0 Å². The molecule has 128 valence electrons. The van der Waals surface area contributed by atoms with Gasteiger partial charge in [-0.15, -0.1) is 0 Å². The Morgan fingerprint density at radius 3 is 2.31 bits per heavy atom. The second kappa shape index (κ2) is 6.94. The summed E-state index contributed by atoms with van der Waals surface area (Å²) in [6.45, 7) is 2.08. The monoisotopic (exact) mass is 376 g/mol. The second-order valence-electron chi connectivity index (χ2n) is 5.98. The number of para-hydroxylation sites is 1. The summed E-state index contributed by atoms with van der Waals surface area (Å²) < 4.78 is 2.72. The number of thioether (sulfide) groups is 1. The van der Waals surface area contributed by atoms with E-state index in [1.165, 1.54) is 11.8 Å². The van der Waals surface area contributed by atoms with Gasteiger partial charge in [0.1, 0.15) is 4.32 Å². The smallest absolute Gasteiger partial charge is 0.263 e. The Labute approximate surface area is 161 Å². The summed E-state index contributed by atoms with van der Waals surface area (Å²) >= 11 is 6.41. The van der Waals surface area contributed by atoms with Crippen molar-refractivity contribution in [1.82, 2.24) is 9.88 Å². The van der Waals surface area contributed by atoms with Crippen molar-refractivity contribution in [2.24, 2.45) is 0 Å². The maximum absolute atomic E-state index is 12.1. The lowest BCUT2D eigenvalue weighted by atomic mass is 10.1. The van der Waals surface area contributed by atoms with Crippen molar-refractivity contribution in [3.63, 3.8) is 0 Å². The van der Waals surface area contributed by atoms with Crippen LogP contribution in [0.5, 0.6) is 0 Å². The first-order chi connectivity index (χ1) is 12.6. The Bertz CT molecular complexity index is 1020. The Morgan fingerprint density at radius 2 is 1.69 bits per heavy atom. The van der Waals surface area contributed by atoms with E-state index in [0.717, 1.165) is 28.2 Å². The lowest BCUT2D eigenvalue weighted by molar-refractivity contribution is -0.115. The fourth-order valence-corrected chi connectivity index (χ4v) is 4.17. The molecule has 0 unspecified atom stereocenters. The highest BCUT2D eigenvalue weighted by Crippen LogP contribution is 2.34. The van der Waals surface area contributed by atoms with Gasteiger partial charge < -0.3 is 9.88 Å². The molecule has 1 aliphatic rings. The molecule has 26 heavy (non-hydrogen) atoms. The number of hydrogen-bond acceptors (Lipinski definition) is 3. The van der Waals surface area contributed by atoms with Crippen LogP contribution in [-0.4, -0.2) is 14.8 Å². The topological polar surface area (TPSA) is 34.0 Å². The van der Waals surface area contributed by atoms with E-state index >= 15 is 0 Å². The van der Waals surface area contributed by atoms with Crippen molar-refractivity contribution < 1.29 is 4.79 Å². The minimum atomic E-state index is -0.135. The number of rotatable bonds is 3. The Hall–Kier alpha value is -2.63. The largest absolute Gasteiger partial charge is 0.313 e. The van der Waals surface area contributed by atoms with Crippen LogP contribution >= 0.6 is 24.0 Å². The van der Waals surface area contributed by atoms with Gasteiger partial charge >= 0.3 is 0 Å². The van der Waals surface area contributed by atoms with Crippen LogP contribution < -0.4 is 5.32 Å². The van der Waals surface area contributed by atoms with E-state index in [2.05, 4.69) is 47.1 Å². The average molecular weight is 377 g/mol. The lowest BCUT2D eigenvalue weighted by Crippen LogP contribution is -2.17. The molecule has 0 aliphatic carbocycles. The molecule has 0 bridgehead atoms. The van der Waals surface area contributed by atoms with E-state index in [0.29, 0.717) is 9.23 Å². The predicted octanol–water partition coefficient (Wildman–Crippen LogP) is 4.94. The summed E-state index contributed by atoms with van der Waals surface area (Å²) in [6.07, 6.45) is 1.92. The third-order valence-electron chi connectivity index (χ3n) is 4.20. The molecule has 1 N–H and O–H groups in total. The Kier molecular flexibility index (Phi) is 4.49. The highest BCUT2D eigenvalue weighted by atomic mass is 32.2. The number of carbonyl (C=O) groups is 1. The minimum Gasteiger partial charge on any atom is -0.313 e. The van der Waals surface area contributed by atoms with Crippen LogP contribution in [0.2, 0.25) is 0 Å². The van der Waals surface area contributed by atoms with Crippen LogP contribution in [0.4, 0.5) is 0 Å². The molecule has 0 saturated carbocycles. The zero-order valence-corrected chi connectivity index (χ0v) is 15.7.